The second kappa shape index (κ2) is 6.01. The maximum Gasteiger partial charge on any atom is 0.325 e. The van der Waals surface area contributed by atoms with Crippen LogP contribution in [0.25, 0.3) is 0 Å². The molecular formula is C10H10ClN3O5. The predicted molar refractivity (Wildman–Crippen MR) is 67.4 cm³/mol. The average Bonchev–Trinajstić information content (AvgIpc) is 2.30. The normalized spacial score (nSPS) is 11.5. The number of benzene rings is 1. The molecule has 1 aromatic carbocycles. The van der Waals surface area contributed by atoms with Crippen LogP contribution in [0.2, 0.25) is 5.02 Å². The van der Waals surface area contributed by atoms with Gasteiger partial charge in [-0.1, -0.05) is 11.6 Å². The molecule has 1 rings (SSSR count). The Morgan fingerprint density at radius 3 is 2.63 bits per heavy atom. The summed E-state index contributed by atoms with van der Waals surface area (Å²) in [5.74, 6) is -1.20. The van der Waals surface area contributed by atoms with Crippen LogP contribution >= 0.6 is 11.6 Å². The Balaban J connectivity index is 2.78. The molecule has 2 amide bonds. The van der Waals surface area contributed by atoms with Gasteiger partial charge in [0.1, 0.15) is 11.1 Å². The van der Waals surface area contributed by atoms with Crippen LogP contribution in [0.4, 0.5) is 16.2 Å². The highest BCUT2D eigenvalue weighted by molar-refractivity contribution is 6.32. The highest BCUT2D eigenvalue weighted by atomic mass is 35.5. The number of amides is 2. The number of anilines is 1. The lowest BCUT2D eigenvalue weighted by Gasteiger charge is -2.10. The van der Waals surface area contributed by atoms with Gasteiger partial charge in [0.05, 0.1) is 4.92 Å². The number of nitro groups is 1. The van der Waals surface area contributed by atoms with E-state index >= 15 is 0 Å². The number of carboxylic acid groups (broad SMARTS) is 1. The van der Waals surface area contributed by atoms with Crippen LogP contribution in [0.15, 0.2) is 18.2 Å². The molecule has 0 fully saturated rings. The molecule has 0 aliphatic rings. The first-order chi connectivity index (χ1) is 8.81. The van der Waals surface area contributed by atoms with Crippen molar-refractivity contribution in [3.63, 3.8) is 0 Å². The lowest BCUT2D eigenvalue weighted by Crippen LogP contribution is -2.40. The summed E-state index contributed by atoms with van der Waals surface area (Å²) in [5.41, 5.74) is -0.225. The topological polar surface area (TPSA) is 122 Å². The molecule has 1 atom stereocenters. The minimum Gasteiger partial charge on any atom is -0.480 e. The fourth-order valence-electron chi connectivity index (χ4n) is 1.16. The van der Waals surface area contributed by atoms with Gasteiger partial charge < -0.3 is 15.7 Å². The van der Waals surface area contributed by atoms with E-state index < -0.39 is 23.0 Å². The lowest BCUT2D eigenvalue weighted by molar-refractivity contribution is -0.384. The van der Waals surface area contributed by atoms with Gasteiger partial charge in [0.25, 0.3) is 5.69 Å². The third-order valence-electron chi connectivity index (χ3n) is 2.12. The molecule has 0 saturated heterocycles. The highest BCUT2D eigenvalue weighted by Crippen LogP contribution is 2.27. The maximum atomic E-state index is 11.4. The second-order valence-electron chi connectivity index (χ2n) is 3.58. The molecule has 0 heterocycles. The largest absolute Gasteiger partial charge is 0.480 e. The number of carboxylic acids is 1. The number of nitrogens with zero attached hydrogens (tertiary/aromatic N) is 1. The summed E-state index contributed by atoms with van der Waals surface area (Å²) in [6.45, 7) is 1.28. The van der Waals surface area contributed by atoms with E-state index in [2.05, 4.69) is 10.6 Å². The zero-order valence-corrected chi connectivity index (χ0v) is 10.5. The predicted octanol–water partition coefficient (Wildman–Crippen LogP) is 1.84. The molecule has 0 saturated carbocycles. The molecule has 102 valence electrons. The van der Waals surface area contributed by atoms with Gasteiger partial charge in [0, 0.05) is 11.8 Å². The van der Waals surface area contributed by atoms with E-state index in [1.165, 1.54) is 19.1 Å². The zero-order valence-electron chi connectivity index (χ0n) is 9.71. The Hall–Kier alpha value is -2.35. The number of carbonyl (C=O) groups excluding carboxylic acids is 1. The maximum absolute atomic E-state index is 11.4. The van der Waals surface area contributed by atoms with Crippen LogP contribution in [-0.2, 0) is 4.79 Å². The first-order valence-electron chi connectivity index (χ1n) is 5.05. The van der Waals surface area contributed by atoms with Gasteiger partial charge in [-0.15, -0.1) is 0 Å². The smallest absolute Gasteiger partial charge is 0.325 e. The minimum absolute atomic E-state index is 0.0603. The van der Waals surface area contributed by atoms with Crippen molar-refractivity contribution in [1.82, 2.24) is 5.32 Å². The SMILES string of the molecule is C[C@@H](NC(=O)Nc1ccc(Cl)c([N+](=O)[O-])c1)C(=O)O. The average molecular weight is 288 g/mol. The summed E-state index contributed by atoms with van der Waals surface area (Å²) in [6.07, 6.45) is 0. The Morgan fingerprint density at radius 2 is 2.11 bits per heavy atom. The molecule has 8 nitrogen and oxygen atoms in total. The first kappa shape index (κ1) is 14.7. The monoisotopic (exact) mass is 287 g/mol. The summed E-state index contributed by atoms with van der Waals surface area (Å²) in [5, 5.41) is 23.6. The number of hydrogen-bond acceptors (Lipinski definition) is 4. The van der Waals surface area contributed by atoms with Gasteiger partial charge >= 0.3 is 12.0 Å². The number of carbonyl (C=O) groups is 2. The van der Waals surface area contributed by atoms with Crippen molar-refractivity contribution in [2.45, 2.75) is 13.0 Å². The standard InChI is InChI=1S/C10H10ClN3O5/c1-5(9(15)16)12-10(17)13-6-2-3-7(11)8(4-6)14(18)19/h2-5H,1H3,(H,15,16)(H2,12,13,17)/t5-/m1/s1. The Labute approximate surface area is 112 Å². The number of aliphatic carboxylic acids is 1. The zero-order chi connectivity index (χ0) is 14.6. The lowest BCUT2D eigenvalue weighted by atomic mass is 10.3. The minimum atomic E-state index is -1.20. The van der Waals surface area contributed by atoms with E-state index in [0.717, 1.165) is 6.07 Å². The van der Waals surface area contributed by atoms with Gasteiger partial charge in [0.2, 0.25) is 0 Å². The van der Waals surface area contributed by atoms with Crippen molar-refractivity contribution in [1.29, 1.82) is 0 Å². The number of urea groups is 1. The summed E-state index contributed by atoms with van der Waals surface area (Å²) >= 11 is 5.61. The van der Waals surface area contributed by atoms with Crippen molar-refractivity contribution >= 4 is 35.0 Å². The second-order valence-corrected chi connectivity index (χ2v) is 3.99. The first-order valence-corrected chi connectivity index (χ1v) is 5.43. The van der Waals surface area contributed by atoms with Gasteiger partial charge in [-0.2, -0.15) is 0 Å². The number of hydrogen-bond donors (Lipinski definition) is 3. The Kier molecular flexibility index (Phi) is 4.65. The number of rotatable bonds is 4. The fourth-order valence-corrected chi connectivity index (χ4v) is 1.34. The number of halogens is 1. The molecule has 0 aromatic heterocycles. The van der Waals surface area contributed by atoms with Gasteiger partial charge in [-0.25, -0.2) is 4.79 Å². The Morgan fingerprint density at radius 1 is 1.47 bits per heavy atom. The molecule has 3 N–H and O–H groups in total. The molecule has 1 aromatic rings. The summed E-state index contributed by atoms with van der Waals surface area (Å²) in [4.78, 5) is 31.9. The summed E-state index contributed by atoms with van der Waals surface area (Å²) < 4.78 is 0. The molecule has 0 aliphatic heterocycles. The Bertz CT molecular complexity index is 534. The highest BCUT2D eigenvalue weighted by Gasteiger charge is 2.16. The number of nitrogens with one attached hydrogen (secondary N) is 2. The van der Waals surface area contributed by atoms with E-state index in [4.69, 9.17) is 16.7 Å². The van der Waals surface area contributed by atoms with Crippen molar-refractivity contribution in [3.8, 4) is 0 Å². The van der Waals surface area contributed by atoms with Gasteiger partial charge in [-0.3, -0.25) is 14.9 Å². The van der Waals surface area contributed by atoms with E-state index in [0.29, 0.717) is 0 Å². The summed E-state index contributed by atoms with van der Waals surface area (Å²) in [7, 11) is 0. The van der Waals surface area contributed by atoms with E-state index in [-0.39, 0.29) is 16.4 Å². The van der Waals surface area contributed by atoms with Crippen LogP contribution < -0.4 is 10.6 Å². The van der Waals surface area contributed by atoms with Crippen molar-refractivity contribution in [2.75, 3.05) is 5.32 Å². The quantitative estimate of drug-likeness (QED) is 0.576. The molecule has 0 aliphatic carbocycles. The number of nitro benzene ring substituents is 1. The fraction of sp³-hybridized carbons (Fsp3) is 0.200. The third kappa shape index (κ3) is 4.11. The molecule has 0 radical (unpaired) electrons. The molecular weight excluding hydrogens is 278 g/mol. The molecule has 19 heavy (non-hydrogen) atoms. The van der Waals surface area contributed by atoms with Crippen LogP contribution in [0.1, 0.15) is 6.92 Å². The van der Waals surface area contributed by atoms with Crippen LogP contribution in [0.3, 0.4) is 0 Å². The van der Waals surface area contributed by atoms with Crippen LogP contribution in [0.5, 0.6) is 0 Å². The van der Waals surface area contributed by atoms with Gasteiger partial charge in [-0.05, 0) is 19.1 Å². The van der Waals surface area contributed by atoms with Crippen LogP contribution in [0, 0.1) is 10.1 Å². The molecule has 0 bridgehead atoms. The molecule has 0 spiro atoms. The summed E-state index contributed by atoms with van der Waals surface area (Å²) in [6, 6.07) is 1.83. The van der Waals surface area contributed by atoms with Crippen molar-refractivity contribution in [3.05, 3.63) is 33.3 Å². The van der Waals surface area contributed by atoms with Crippen molar-refractivity contribution < 1.29 is 19.6 Å². The third-order valence-corrected chi connectivity index (χ3v) is 2.44. The van der Waals surface area contributed by atoms with E-state index in [1.807, 2.05) is 0 Å². The van der Waals surface area contributed by atoms with E-state index in [1.54, 1.807) is 0 Å². The van der Waals surface area contributed by atoms with E-state index in [9.17, 15) is 19.7 Å². The van der Waals surface area contributed by atoms with Crippen molar-refractivity contribution in [2.24, 2.45) is 0 Å². The molecule has 9 heteroatoms. The van der Waals surface area contributed by atoms with Gasteiger partial charge in [0.15, 0.2) is 0 Å². The van der Waals surface area contributed by atoms with Crippen LogP contribution in [-0.4, -0.2) is 28.1 Å². The molecule has 0 unspecified atom stereocenters.